The van der Waals surface area contributed by atoms with Gasteiger partial charge in [0.05, 0.1) is 10.2 Å². The van der Waals surface area contributed by atoms with Gasteiger partial charge in [-0.15, -0.1) is 11.3 Å². The number of rotatable bonds is 3. The van der Waals surface area contributed by atoms with Crippen molar-refractivity contribution in [2.24, 2.45) is 0 Å². The topological polar surface area (TPSA) is 67.9 Å². The van der Waals surface area contributed by atoms with Gasteiger partial charge in [-0.3, -0.25) is 0 Å². The molecule has 3 aromatic heterocycles. The molecule has 1 aliphatic rings. The Morgan fingerprint density at radius 3 is 2.83 bits per heavy atom. The van der Waals surface area contributed by atoms with Crippen LogP contribution in [0.5, 0.6) is 0 Å². The molecule has 4 heterocycles. The molecule has 0 N–H and O–H groups in total. The summed E-state index contributed by atoms with van der Waals surface area (Å²) in [6, 6.07) is 2.05. The Labute approximate surface area is 138 Å². The van der Waals surface area contributed by atoms with Gasteiger partial charge in [-0.05, 0) is 24.3 Å². The molecule has 120 valence electrons. The summed E-state index contributed by atoms with van der Waals surface area (Å²) < 4.78 is 6.63. The third-order valence-electron chi connectivity index (χ3n) is 4.34. The van der Waals surface area contributed by atoms with Crippen LogP contribution in [-0.2, 0) is 0 Å². The van der Waals surface area contributed by atoms with Crippen molar-refractivity contribution in [2.75, 3.05) is 18.0 Å². The minimum absolute atomic E-state index is 0.306. The molecule has 1 fully saturated rings. The van der Waals surface area contributed by atoms with Gasteiger partial charge in [0.15, 0.2) is 5.82 Å². The van der Waals surface area contributed by atoms with Crippen molar-refractivity contribution >= 4 is 27.4 Å². The van der Waals surface area contributed by atoms with Crippen LogP contribution in [0.1, 0.15) is 50.2 Å². The fraction of sp³-hybridized carbons (Fsp3) is 0.500. The predicted octanol–water partition coefficient (Wildman–Crippen LogP) is 3.58. The summed E-state index contributed by atoms with van der Waals surface area (Å²) in [6.45, 7) is 6.07. The number of thiophene rings is 1. The smallest absolute Gasteiger partial charge is 0.229 e. The van der Waals surface area contributed by atoms with Crippen molar-refractivity contribution in [3.63, 3.8) is 0 Å². The lowest BCUT2D eigenvalue weighted by Crippen LogP contribution is -2.33. The Hall–Kier alpha value is -2.02. The molecule has 0 amide bonds. The van der Waals surface area contributed by atoms with Crippen LogP contribution in [0, 0.1) is 0 Å². The van der Waals surface area contributed by atoms with Gasteiger partial charge in [0.25, 0.3) is 0 Å². The number of fused-ring (bicyclic) bond motifs is 1. The minimum atomic E-state index is 0.306. The molecule has 6 nitrogen and oxygen atoms in total. The second-order valence-electron chi connectivity index (χ2n) is 6.24. The van der Waals surface area contributed by atoms with Crippen LogP contribution in [0.3, 0.4) is 0 Å². The van der Waals surface area contributed by atoms with E-state index in [2.05, 4.69) is 44.2 Å². The van der Waals surface area contributed by atoms with Crippen LogP contribution in [0.25, 0.3) is 10.2 Å². The van der Waals surface area contributed by atoms with E-state index in [1.807, 2.05) is 6.07 Å². The highest BCUT2D eigenvalue weighted by Crippen LogP contribution is 2.33. The highest BCUT2D eigenvalue weighted by atomic mass is 32.1. The van der Waals surface area contributed by atoms with E-state index in [9.17, 15) is 0 Å². The molecule has 0 spiro atoms. The number of anilines is 1. The molecule has 3 aromatic rings. The SMILES string of the molecule is CC(C)c1noc(C2CCN(c3ncnc4ccsc34)CC2)n1. The predicted molar refractivity (Wildman–Crippen MR) is 90.0 cm³/mol. The molecular formula is C16H19N5OS. The van der Waals surface area contributed by atoms with Crippen LogP contribution in [-0.4, -0.2) is 33.2 Å². The Kier molecular flexibility index (Phi) is 3.72. The van der Waals surface area contributed by atoms with Crippen molar-refractivity contribution in [3.05, 3.63) is 29.5 Å². The Bertz CT molecular complexity index is 804. The van der Waals surface area contributed by atoms with E-state index in [0.29, 0.717) is 11.8 Å². The van der Waals surface area contributed by atoms with E-state index in [-0.39, 0.29) is 0 Å². The van der Waals surface area contributed by atoms with Gasteiger partial charge in [-0.25, -0.2) is 9.97 Å². The standard InChI is InChI=1S/C16H19N5OS/c1-10(2)14-19-16(22-20-14)11-3-6-21(7-4-11)15-13-12(5-8-23-13)17-9-18-15/h5,8-11H,3-4,6-7H2,1-2H3. The minimum Gasteiger partial charge on any atom is -0.355 e. The van der Waals surface area contributed by atoms with Gasteiger partial charge in [0, 0.05) is 24.9 Å². The zero-order valence-corrected chi connectivity index (χ0v) is 14.1. The van der Waals surface area contributed by atoms with Crippen molar-refractivity contribution in [1.29, 1.82) is 0 Å². The monoisotopic (exact) mass is 329 g/mol. The first kappa shape index (κ1) is 14.6. The molecule has 0 aliphatic carbocycles. The average Bonchev–Trinajstić information content (AvgIpc) is 3.24. The Morgan fingerprint density at radius 2 is 2.09 bits per heavy atom. The number of hydrogen-bond donors (Lipinski definition) is 0. The van der Waals surface area contributed by atoms with Crippen molar-refractivity contribution in [1.82, 2.24) is 20.1 Å². The van der Waals surface area contributed by atoms with Crippen LogP contribution < -0.4 is 4.90 Å². The summed E-state index contributed by atoms with van der Waals surface area (Å²) in [4.78, 5) is 15.7. The maximum Gasteiger partial charge on any atom is 0.229 e. The average molecular weight is 329 g/mol. The summed E-state index contributed by atoms with van der Waals surface area (Å²) in [5, 5.41) is 6.15. The van der Waals surface area contributed by atoms with Crippen LogP contribution in [0.15, 0.2) is 22.3 Å². The number of piperidine rings is 1. The maximum atomic E-state index is 5.46. The van der Waals surface area contributed by atoms with Gasteiger partial charge in [-0.2, -0.15) is 4.98 Å². The molecule has 0 bridgehead atoms. The number of aromatic nitrogens is 4. The molecule has 0 saturated carbocycles. The Morgan fingerprint density at radius 1 is 1.26 bits per heavy atom. The highest BCUT2D eigenvalue weighted by molar-refractivity contribution is 7.17. The summed E-state index contributed by atoms with van der Waals surface area (Å²) in [7, 11) is 0. The van der Waals surface area contributed by atoms with Crippen molar-refractivity contribution < 1.29 is 4.52 Å². The molecule has 4 rings (SSSR count). The van der Waals surface area contributed by atoms with Gasteiger partial charge in [0.2, 0.25) is 5.89 Å². The normalized spacial score (nSPS) is 16.6. The molecular weight excluding hydrogens is 310 g/mol. The van der Waals surface area contributed by atoms with Crippen molar-refractivity contribution in [2.45, 2.75) is 38.5 Å². The van der Waals surface area contributed by atoms with Gasteiger partial charge in [-0.1, -0.05) is 19.0 Å². The van der Waals surface area contributed by atoms with Crippen molar-refractivity contribution in [3.8, 4) is 0 Å². The van der Waals surface area contributed by atoms with Gasteiger partial charge in [0.1, 0.15) is 12.1 Å². The number of hydrogen-bond acceptors (Lipinski definition) is 7. The third kappa shape index (κ3) is 2.69. The van der Waals surface area contributed by atoms with Gasteiger partial charge < -0.3 is 9.42 Å². The quantitative estimate of drug-likeness (QED) is 0.731. The third-order valence-corrected chi connectivity index (χ3v) is 5.24. The first-order chi connectivity index (χ1) is 11.2. The highest BCUT2D eigenvalue weighted by Gasteiger charge is 2.27. The molecule has 0 aromatic carbocycles. The molecule has 0 atom stereocenters. The lowest BCUT2D eigenvalue weighted by Gasteiger charge is -2.31. The number of nitrogens with zero attached hydrogens (tertiary/aromatic N) is 5. The van der Waals surface area contributed by atoms with E-state index in [0.717, 1.165) is 49.0 Å². The summed E-state index contributed by atoms with van der Waals surface area (Å²) in [6.07, 6.45) is 3.68. The van der Waals surface area contributed by atoms with E-state index < -0.39 is 0 Å². The van der Waals surface area contributed by atoms with E-state index >= 15 is 0 Å². The zero-order chi connectivity index (χ0) is 15.8. The first-order valence-electron chi connectivity index (χ1n) is 7.99. The Balaban J connectivity index is 1.49. The van der Waals surface area contributed by atoms with Gasteiger partial charge >= 0.3 is 0 Å². The molecule has 0 radical (unpaired) electrons. The summed E-state index contributed by atoms with van der Waals surface area (Å²) in [5.74, 6) is 3.31. The summed E-state index contributed by atoms with van der Waals surface area (Å²) in [5.41, 5.74) is 1.03. The first-order valence-corrected chi connectivity index (χ1v) is 8.87. The van der Waals surface area contributed by atoms with E-state index in [4.69, 9.17) is 4.52 Å². The van der Waals surface area contributed by atoms with Crippen LogP contribution >= 0.6 is 11.3 Å². The fourth-order valence-electron chi connectivity index (χ4n) is 2.99. The molecule has 23 heavy (non-hydrogen) atoms. The summed E-state index contributed by atoms with van der Waals surface area (Å²) >= 11 is 1.70. The molecule has 1 saturated heterocycles. The lowest BCUT2D eigenvalue weighted by molar-refractivity contribution is 0.326. The molecule has 7 heteroatoms. The van der Waals surface area contributed by atoms with Crippen LogP contribution in [0.4, 0.5) is 5.82 Å². The lowest BCUT2D eigenvalue weighted by atomic mass is 9.96. The van der Waals surface area contributed by atoms with Crippen LogP contribution in [0.2, 0.25) is 0 Å². The zero-order valence-electron chi connectivity index (χ0n) is 13.3. The second-order valence-corrected chi connectivity index (χ2v) is 7.16. The molecule has 1 aliphatic heterocycles. The fourth-order valence-corrected chi connectivity index (χ4v) is 3.85. The molecule has 0 unspecified atom stereocenters. The van der Waals surface area contributed by atoms with E-state index in [1.54, 1.807) is 17.7 Å². The largest absolute Gasteiger partial charge is 0.355 e. The van der Waals surface area contributed by atoms with E-state index in [1.165, 1.54) is 4.70 Å². The second kappa shape index (κ2) is 5.88. The maximum absolute atomic E-state index is 5.46.